The van der Waals surface area contributed by atoms with Gasteiger partial charge in [0.1, 0.15) is 0 Å². The molecule has 6 heteroatoms. The zero-order valence-corrected chi connectivity index (χ0v) is 40.6. The Bertz CT molecular complexity index is 4610. The molecule has 0 unspecified atom stereocenters. The topological polar surface area (TPSA) is 53.5 Å². The molecule has 0 saturated heterocycles. The molecule has 15 rings (SSSR count). The lowest BCUT2D eigenvalue weighted by Crippen LogP contribution is -2.07. The number of aromatic nitrogens is 6. The molecule has 0 atom stereocenters. The van der Waals surface area contributed by atoms with Crippen LogP contribution in [0.15, 0.2) is 267 Å². The summed E-state index contributed by atoms with van der Waals surface area (Å²) in [4.78, 5) is 16.3. The third-order valence-electron chi connectivity index (χ3n) is 14.9. The minimum absolute atomic E-state index is 0.535. The highest BCUT2D eigenvalue weighted by molar-refractivity contribution is 6.24. The van der Waals surface area contributed by atoms with E-state index in [4.69, 9.17) is 15.0 Å². The number of hydrogen-bond donors (Lipinski definition) is 0. The van der Waals surface area contributed by atoms with Crippen molar-refractivity contribution in [1.29, 1.82) is 0 Å². The lowest BCUT2D eigenvalue weighted by Gasteiger charge is -2.14. The molecule has 0 saturated carbocycles. The third kappa shape index (κ3) is 6.99. The molecule has 15 aromatic rings. The Morgan fingerprint density at radius 2 is 0.613 bits per heavy atom. The molecule has 75 heavy (non-hydrogen) atoms. The highest BCUT2D eigenvalue weighted by atomic mass is 15.2. The normalized spacial score (nSPS) is 11.7. The summed E-state index contributed by atoms with van der Waals surface area (Å²) in [5.41, 5.74) is 17.3. The van der Waals surface area contributed by atoms with Gasteiger partial charge in [0.2, 0.25) is 5.95 Å². The maximum Gasteiger partial charge on any atom is 0.238 e. The predicted octanol–water partition coefficient (Wildman–Crippen LogP) is 17.5. The summed E-state index contributed by atoms with van der Waals surface area (Å²) in [6, 6.07) is 95.3. The van der Waals surface area contributed by atoms with Crippen molar-refractivity contribution < 1.29 is 0 Å². The van der Waals surface area contributed by atoms with Gasteiger partial charge in [-0.1, -0.05) is 212 Å². The van der Waals surface area contributed by atoms with Gasteiger partial charge in [-0.25, -0.2) is 4.98 Å². The van der Waals surface area contributed by atoms with E-state index in [2.05, 4.69) is 268 Å². The van der Waals surface area contributed by atoms with Crippen LogP contribution in [0, 0.1) is 0 Å². The molecule has 0 fully saturated rings. The summed E-state index contributed by atoms with van der Waals surface area (Å²) in [6.07, 6.45) is 0. The van der Waals surface area contributed by atoms with Crippen molar-refractivity contribution in [2.45, 2.75) is 0 Å². The fourth-order valence-corrected chi connectivity index (χ4v) is 11.4. The molecule has 0 aliphatic heterocycles. The Morgan fingerprint density at radius 3 is 1.21 bits per heavy atom. The fourth-order valence-electron chi connectivity index (χ4n) is 11.4. The second-order valence-electron chi connectivity index (χ2n) is 19.2. The molecular formula is C69H44N6. The highest BCUT2D eigenvalue weighted by Crippen LogP contribution is 2.43. The summed E-state index contributed by atoms with van der Waals surface area (Å²) in [5.74, 6) is 1.71. The van der Waals surface area contributed by atoms with Crippen LogP contribution in [-0.2, 0) is 0 Å². The second kappa shape index (κ2) is 17.3. The molecule has 4 aromatic heterocycles. The minimum atomic E-state index is 0.535. The van der Waals surface area contributed by atoms with E-state index < -0.39 is 0 Å². The first-order valence-corrected chi connectivity index (χ1v) is 25.4. The van der Waals surface area contributed by atoms with E-state index >= 15 is 0 Å². The lowest BCUT2D eigenvalue weighted by molar-refractivity contribution is 0.953. The van der Waals surface area contributed by atoms with Gasteiger partial charge in [0.25, 0.3) is 0 Å². The standard InChI is InChI=1S/C69H44N6/c1-4-17-45(18-5-1)48-31-33-50(34-32-48)67-70-68(52-24-16-23-51(43-52)47-21-8-3-9-22-47)72-69(71-67)75-63-30-15-12-27-57(63)58-40-41-59-60-44-54(73-61-28-13-10-25-55(61)56-26-11-14-29-62(56)73)39-42-64(60)74(65(59)66(58)75)53-37-35-49(36-38-53)46-19-6-2-7-20-46/h1-44H. The molecule has 0 bridgehead atoms. The number of hydrogen-bond acceptors (Lipinski definition) is 3. The average Bonchev–Trinajstić information content (AvgIpc) is 4.22. The first-order chi connectivity index (χ1) is 37.2. The third-order valence-corrected chi connectivity index (χ3v) is 14.9. The van der Waals surface area contributed by atoms with Crippen molar-refractivity contribution in [2.75, 3.05) is 0 Å². The monoisotopic (exact) mass is 956 g/mol. The maximum atomic E-state index is 5.51. The van der Waals surface area contributed by atoms with Crippen LogP contribution in [0.4, 0.5) is 0 Å². The smallest absolute Gasteiger partial charge is 0.238 e. The first-order valence-electron chi connectivity index (χ1n) is 25.4. The van der Waals surface area contributed by atoms with Gasteiger partial charge >= 0.3 is 0 Å². The van der Waals surface area contributed by atoms with Gasteiger partial charge in [-0.2, -0.15) is 9.97 Å². The van der Waals surface area contributed by atoms with Gasteiger partial charge < -0.3 is 9.13 Å². The van der Waals surface area contributed by atoms with E-state index in [0.717, 1.165) is 93.9 Å². The average molecular weight is 957 g/mol. The zero-order valence-electron chi connectivity index (χ0n) is 40.6. The van der Waals surface area contributed by atoms with Gasteiger partial charge in [0.05, 0.1) is 33.1 Å². The van der Waals surface area contributed by atoms with Gasteiger partial charge in [0, 0.05) is 54.8 Å². The molecule has 0 N–H and O–H groups in total. The second-order valence-corrected chi connectivity index (χ2v) is 19.2. The van der Waals surface area contributed by atoms with Crippen LogP contribution in [0.1, 0.15) is 0 Å². The lowest BCUT2D eigenvalue weighted by atomic mass is 10.0. The van der Waals surface area contributed by atoms with Crippen molar-refractivity contribution >= 4 is 65.4 Å². The van der Waals surface area contributed by atoms with E-state index in [1.807, 2.05) is 12.1 Å². The van der Waals surface area contributed by atoms with E-state index in [1.54, 1.807) is 0 Å². The SMILES string of the molecule is c1ccc(-c2ccc(-c3nc(-c4cccc(-c5ccccc5)c4)nc(-n4c5ccccc5c5ccc6c7cc(-n8c9ccccc9c9ccccc98)ccc7n(-c7ccc(-c8ccccc8)cc7)c6c54)n3)cc2)cc1. The Morgan fingerprint density at radius 1 is 0.213 bits per heavy atom. The molecule has 4 heterocycles. The van der Waals surface area contributed by atoms with E-state index in [9.17, 15) is 0 Å². The van der Waals surface area contributed by atoms with Gasteiger partial charge in [-0.15, -0.1) is 0 Å². The van der Waals surface area contributed by atoms with Crippen LogP contribution in [0.2, 0.25) is 0 Å². The van der Waals surface area contributed by atoms with E-state index in [1.165, 1.54) is 27.4 Å². The van der Waals surface area contributed by atoms with Gasteiger partial charge in [-0.05, 0) is 88.0 Å². The minimum Gasteiger partial charge on any atom is -0.309 e. The summed E-state index contributed by atoms with van der Waals surface area (Å²) >= 11 is 0. The van der Waals surface area contributed by atoms with Gasteiger partial charge in [-0.3, -0.25) is 4.57 Å². The summed E-state index contributed by atoms with van der Waals surface area (Å²) < 4.78 is 7.13. The fraction of sp³-hybridized carbons (Fsp3) is 0. The molecule has 0 amide bonds. The maximum absolute atomic E-state index is 5.51. The largest absolute Gasteiger partial charge is 0.309 e. The number of fused-ring (bicyclic) bond motifs is 10. The Labute approximate surface area is 432 Å². The van der Waals surface area contributed by atoms with E-state index in [-0.39, 0.29) is 0 Å². The van der Waals surface area contributed by atoms with Crippen molar-refractivity contribution in [3.63, 3.8) is 0 Å². The zero-order chi connectivity index (χ0) is 49.4. The first kappa shape index (κ1) is 42.5. The highest BCUT2D eigenvalue weighted by Gasteiger charge is 2.25. The number of para-hydroxylation sites is 3. The quantitative estimate of drug-likeness (QED) is 0.152. The van der Waals surface area contributed by atoms with Crippen LogP contribution in [-0.4, -0.2) is 28.7 Å². The Kier molecular flexibility index (Phi) is 9.78. The van der Waals surface area contributed by atoms with Crippen LogP contribution < -0.4 is 0 Å². The number of rotatable bonds is 8. The van der Waals surface area contributed by atoms with Crippen LogP contribution in [0.3, 0.4) is 0 Å². The molecule has 0 radical (unpaired) electrons. The number of nitrogens with zero attached hydrogens (tertiary/aromatic N) is 6. The molecular weight excluding hydrogens is 913 g/mol. The summed E-state index contributed by atoms with van der Waals surface area (Å²) in [7, 11) is 0. The Hall–Kier alpha value is -10.2. The molecule has 11 aromatic carbocycles. The predicted molar refractivity (Wildman–Crippen MR) is 310 cm³/mol. The molecule has 0 aliphatic rings. The number of benzene rings is 11. The van der Waals surface area contributed by atoms with Crippen LogP contribution in [0.5, 0.6) is 0 Å². The van der Waals surface area contributed by atoms with Crippen molar-refractivity contribution in [2.24, 2.45) is 0 Å². The van der Waals surface area contributed by atoms with Crippen LogP contribution in [0.25, 0.3) is 139 Å². The molecule has 350 valence electrons. The van der Waals surface area contributed by atoms with Crippen molar-refractivity contribution in [1.82, 2.24) is 28.7 Å². The molecule has 0 aliphatic carbocycles. The van der Waals surface area contributed by atoms with Crippen molar-refractivity contribution in [3.05, 3.63) is 267 Å². The Balaban J connectivity index is 1.02. The van der Waals surface area contributed by atoms with E-state index in [0.29, 0.717) is 17.6 Å². The van der Waals surface area contributed by atoms with Crippen molar-refractivity contribution in [3.8, 4) is 73.5 Å². The summed E-state index contributed by atoms with van der Waals surface area (Å²) in [5, 5.41) is 6.94. The summed E-state index contributed by atoms with van der Waals surface area (Å²) in [6.45, 7) is 0. The van der Waals surface area contributed by atoms with Gasteiger partial charge in [0.15, 0.2) is 11.6 Å². The molecule has 0 spiro atoms. The van der Waals surface area contributed by atoms with Crippen LogP contribution >= 0.6 is 0 Å². The molecule has 6 nitrogen and oxygen atoms in total.